The number of aryl methyl sites for hydroxylation is 1. The third-order valence-electron chi connectivity index (χ3n) is 3.02. The summed E-state index contributed by atoms with van der Waals surface area (Å²) >= 11 is 1.57. The molecular formula is C16H18N4OS. The molecule has 0 aliphatic heterocycles. The van der Waals surface area contributed by atoms with Gasteiger partial charge in [0.1, 0.15) is 6.07 Å². The third kappa shape index (κ3) is 4.37. The molecule has 0 saturated heterocycles. The summed E-state index contributed by atoms with van der Waals surface area (Å²) in [4.78, 5) is 16.3. The zero-order valence-corrected chi connectivity index (χ0v) is 13.3. The van der Waals surface area contributed by atoms with Crippen LogP contribution in [-0.2, 0) is 11.3 Å². The van der Waals surface area contributed by atoms with E-state index < -0.39 is 0 Å². The normalized spacial score (nSPS) is 10.2. The van der Waals surface area contributed by atoms with E-state index in [1.54, 1.807) is 42.2 Å². The number of thioether (sulfide) groups is 1. The van der Waals surface area contributed by atoms with Gasteiger partial charge in [-0.15, -0.1) is 0 Å². The van der Waals surface area contributed by atoms with Crippen LogP contribution in [0.3, 0.4) is 0 Å². The van der Waals surface area contributed by atoms with Gasteiger partial charge in [0.15, 0.2) is 5.16 Å². The van der Waals surface area contributed by atoms with Gasteiger partial charge < -0.3 is 9.88 Å². The fourth-order valence-electron chi connectivity index (χ4n) is 1.98. The molecule has 5 nitrogen and oxygen atoms in total. The number of carbonyl (C=O) groups is 1. The quantitative estimate of drug-likeness (QED) is 0.796. The lowest BCUT2D eigenvalue weighted by atomic mass is 10.2. The maximum Gasteiger partial charge on any atom is 0.225 e. The number of carbonyl (C=O) groups excluding carboxylic acids is 1. The van der Waals surface area contributed by atoms with E-state index in [1.165, 1.54) is 0 Å². The molecule has 0 unspecified atom stereocenters. The molecule has 0 radical (unpaired) electrons. The van der Waals surface area contributed by atoms with E-state index in [1.807, 2.05) is 6.20 Å². The number of benzene rings is 1. The van der Waals surface area contributed by atoms with Crippen LogP contribution in [0.2, 0.25) is 0 Å². The largest absolute Gasteiger partial charge is 0.326 e. The topological polar surface area (TPSA) is 70.7 Å². The number of para-hydroxylation sites is 1. The molecule has 0 fully saturated rings. The number of hydrogen-bond donors (Lipinski definition) is 1. The van der Waals surface area contributed by atoms with Crippen molar-refractivity contribution in [1.82, 2.24) is 9.55 Å². The molecule has 0 atom stereocenters. The lowest BCUT2D eigenvalue weighted by molar-refractivity contribution is -0.115. The van der Waals surface area contributed by atoms with Crippen LogP contribution in [0.25, 0.3) is 0 Å². The number of nitrogens with one attached hydrogen (secondary N) is 1. The van der Waals surface area contributed by atoms with E-state index in [0.717, 1.165) is 18.1 Å². The monoisotopic (exact) mass is 314 g/mol. The number of anilines is 1. The second-order valence-corrected chi connectivity index (χ2v) is 5.77. The van der Waals surface area contributed by atoms with Gasteiger partial charge in [-0.05, 0) is 18.6 Å². The fraction of sp³-hybridized carbons (Fsp3) is 0.312. The van der Waals surface area contributed by atoms with Gasteiger partial charge in [-0.2, -0.15) is 5.26 Å². The van der Waals surface area contributed by atoms with Gasteiger partial charge >= 0.3 is 0 Å². The Hall–Kier alpha value is -2.26. The van der Waals surface area contributed by atoms with Crippen LogP contribution in [0.5, 0.6) is 0 Å². The van der Waals surface area contributed by atoms with Crippen molar-refractivity contribution in [3.8, 4) is 6.07 Å². The molecule has 1 N–H and O–H groups in total. The molecule has 1 amide bonds. The molecule has 0 aliphatic rings. The molecule has 0 saturated carbocycles. The van der Waals surface area contributed by atoms with Gasteiger partial charge in [0, 0.05) is 31.1 Å². The number of aromatic nitrogens is 2. The van der Waals surface area contributed by atoms with E-state index in [-0.39, 0.29) is 5.91 Å². The summed E-state index contributed by atoms with van der Waals surface area (Å²) in [5.74, 6) is 0.560. The van der Waals surface area contributed by atoms with E-state index in [9.17, 15) is 4.79 Å². The molecule has 1 heterocycles. The maximum atomic E-state index is 12.0. The van der Waals surface area contributed by atoms with Crippen molar-refractivity contribution in [2.45, 2.75) is 31.5 Å². The van der Waals surface area contributed by atoms with Crippen LogP contribution in [-0.4, -0.2) is 21.2 Å². The van der Waals surface area contributed by atoms with E-state index >= 15 is 0 Å². The van der Waals surface area contributed by atoms with Gasteiger partial charge in [0.25, 0.3) is 0 Å². The molecular weight excluding hydrogens is 296 g/mol. The minimum atomic E-state index is -0.0937. The molecule has 0 bridgehead atoms. The minimum Gasteiger partial charge on any atom is -0.326 e. The molecule has 22 heavy (non-hydrogen) atoms. The van der Waals surface area contributed by atoms with Crippen LogP contribution in [0.4, 0.5) is 5.69 Å². The second-order valence-electron chi connectivity index (χ2n) is 4.71. The SMILES string of the molecule is CCCn1ccnc1SCCC(=O)Nc1ccccc1C#N. The summed E-state index contributed by atoms with van der Waals surface area (Å²) in [5, 5.41) is 12.7. The van der Waals surface area contributed by atoms with Crippen LogP contribution in [0.15, 0.2) is 41.8 Å². The fourth-order valence-corrected chi connectivity index (χ4v) is 2.91. The Morgan fingerprint density at radius 3 is 3.05 bits per heavy atom. The third-order valence-corrected chi connectivity index (χ3v) is 4.03. The van der Waals surface area contributed by atoms with Crippen molar-refractivity contribution in [2.75, 3.05) is 11.1 Å². The summed E-state index contributed by atoms with van der Waals surface area (Å²) in [5.41, 5.74) is 1.04. The van der Waals surface area contributed by atoms with Crippen molar-refractivity contribution in [3.63, 3.8) is 0 Å². The summed E-state index contributed by atoms with van der Waals surface area (Å²) in [7, 11) is 0. The Balaban J connectivity index is 1.83. The van der Waals surface area contributed by atoms with Crippen molar-refractivity contribution in [2.24, 2.45) is 0 Å². The first-order valence-corrected chi connectivity index (χ1v) is 8.16. The molecule has 0 aliphatic carbocycles. The summed E-state index contributed by atoms with van der Waals surface area (Å²) in [6.45, 7) is 3.05. The van der Waals surface area contributed by atoms with Crippen LogP contribution >= 0.6 is 11.8 Å². The first kappa shape index (κ1) is 16.1. The summed E-state index contributed by atoms with van der Waals surface area (Å²) < 4.78 is 2.09. The minimum absolute atomic E-state index is 0.0937. The Bertz CT molecular complexity index is 675. The van der Waals surface area contributed by atoms with Crippen LogP contribution < -0.4 is 5.32 Å². The first-order chi connectivity index (χ1) is 10.7. The van der Waals surface area contributed by atoms with Crippen molar-refractivity contribution < 1.29 is 4.79 Å². The highest BCUT2D eigenvalue weighted by atomic mass is 32.2. The van der Waals surface area contributed by atoms with Crippen molar-refractivity contribution in [1.29, 1.82) is 5.26 Å². The Kier molecular flexibility index (Phi) is 6.04. The lowest BCUT2D eigenvalue weighted by Gasteiger charge is -2.07. The van der Waals surface area contributed by atoms with Gasteiger partial charge in [-0.3, -0.25) is 4.79 Å². The molecule has 2 rings (SSSR count). The van der Waals surface area contributed by atoms with Gasteiger partial charge in [-0.25, -0.2) is 4.98 Å². The molecule has 1 aromatic heterocycles. The summed E-state index contributed by atoms with van der Waals surface area (Å²) in [6.07, 6.45) is 5.16. The highest BCUT2D eigenvalue weighted by Crippen LogP contribution is 2.18. The molecule has 6 heteroatoms. The smallest absolute Gasteiger partial charge is 0.225 e. The standard InChI is InChI=1S/C16H18N4OS/c1-2-9-20-10-8-18-16(20)22-11-7-15(21)19-14-6-4-3-5-13(14)12-17/h3-6,8,10H,2,7,9,11H2,1H3,(H,19,21). The van der Waals surface area contributed by atoms with Gasteiger partial charge in [-0.1, -0.05) is 30.8 Å². The van der Waals surface area contributed by atoms with Crippen LogP contribution in [0.1, 0.15) is 25.3 Å². The predicted octanol–water partition coefficient (Wildman–Crippen LogP) is 3.29. The van der Waals surface area contributed by atoms with Gasteiger partial charge in [0.05, 0.1) is 11.3 Å². The van der Waals surface area contributed by atoms with Crippen LogP contribution in [0, 0.1) is 11.3 Å². The zero-order valence-electron chi connectivity index (χ0n) is 12.5. The van der Waals surface area contributed by atoms with Crippen molar-refractivity contribution in [3.05, 3.63) is 42.2 Å². The summed E-state index contributed by atoms with van der Waals surface area (Å²) in [6, 6.07) is 9.06. The number of imidazole rings is 1. The number of hydrogen-bond acceptors (Lipinski definition) is 4. The Morgan fingerprint density at radius 2 is 2.27 bits per heavy atom. The number of nitriles is 1. The van der Waals surface area contributed by atoms with E-state index in [2.05, 4.69) is 27.9 Å². The van der Waals surface area contributed by atoms with E-state index in [4.69, 9.17) is 5.26 Å². The zero-order chi connectivity index (χ0) is 15.8. The second kappa shape index (κ2) is 8.25. The number of amides is 1. The predicted molar refractivity (Wildman–Crippen MR) is 87.6 cm³/mol. The molecule has 2 aromatic rings. The highest BCUT2D eigenvalue weighted by molar-refractivity contribution is 7.99. The highest BCUT2D eigenvalue weighted by Gasteiger charge is 2.08. The Labute approximate surface area is 134 Å². The first-order valence-electron chi connectivity index (χ1n) is 7.17. The van der Waals surface area contributed by atoms with E-state index in [0.29, 0.717) is 23.4 Å². The average molecular weight is 314 g/mol. The number of rotatable bonds is 7. The Morgan fingerprint density at radius 1 is 1.45 bits per heavy atom. The lowest BCUT2D eigenvalue weighted by Crippen LogP contribution is -2.13. The molecule has 0 spiro atoms. The number of nitrogens with zero attached hydrogens (tertiary/aromatic N) is 3. The van der Waals surface area contributed by atoms with Gasteiger partial charge in [0.2, 0.25) is 5.91 Å². The average Bonchev–Trinajstić information content (AvgIpc) is 2.95. The maximum absolute atomic E-state index is 12.0. The molecule has 114 valence electrons. The molecule has 1 aromatic carbocycles. The van der Waals surface area contributed by atoms with Crippen molar-refractivity contribution >= 4 is 23.4 Å².